The fourth-order valence-corrected chi connectivity index (χ4v) is 5.77. The topological polar surface area (TPSA) is 159 Å². The molecule has 0 bridgehead atoms. The molecular weight excluding hydrogens is 546 g/mol. The molecule has 1 heterocycles. The van der Waals surface area contributed by atoms with Gasteiger partial charge in [0.15, 0.2) is 17.2 Å². The Bertz CT molecular complexity index is 1440. The minimum Gasteiger partial charge on any atom is -0.493 e. The van der Waals surface area contributed by atoms with E-state index in [1.165, 1.54) is 26.2 Å². The van der Waals surface area contributed by atoms with Crippen molar-refractivity contribution in [1.82, 2.24) is 9.69 Å². The van der Waals surface area contributed by atoms with Gasteiger partial charge in [-0.3, -0.25) is 19.3 Å². The zero-order chi connectivity index (χ0) is 29.8. The molecule has 0 saturated heterocycles. The second-order valence-electron chi connectivity index (χ2n) is 9.93. The van der Waals surface area contributed by atoms with E-state index in [0.29, 0.717) is 28.5 Å². The van der Waals surface area contributed by atoms with Crippen molar-refractivity contribution in [2.75, 3.05) is 32.0 Å². The number of benzene rings is 2. The molecule has 1 aromatic heterocycles. The Hall–Kier alpha value is -4.32. The number of nitrogens with one attached hydrogen (secondary N) is 1. The average Bonchev–Trinajstić information content (AvgIpc) is 3.61. The lowest BCUT2D eigenvalue weighted by Crippen LogP contribution is -2.46. The fourth-order valence-electron chi connectivity index (χ4n) is 5.02. The van der Waals surface area contributed by atoms with Gasteiger partial charge in [-0.1, -0.05) is 18.9 Å². The summed E-state index contributed by atoms with van der Waals surface area (Å²) in [6, 6.07) is 7.54. The number of hydrogen-bond acceptors (Lipinski definition) is 9. The highest BCUT2D eigenvalue weighted by atomic mass is 32.1. The van der Waals surface area contributed by atoms with Crippen molar-refractivity contribution < 1.29 is 28.6 Å². The molecule has 0 aliphatic heterocycles. The van der Waals surface area contributed by atoms with Crippen LogP contribution in [0.5, 0.6) is 17.2 Å². The number of nitrogens with two attached hydrogens (primary N) is 2. The van der Waals surface area contributed by atoms with Crippen LogP contribution in [-0.4, -0.2) is 49.5 Å². The maximum Gasteiger partial charge on any atom is 0.273 e. The van der Waals surface area contributed by atoms with E-state index in [1.807, 2.05) is 26.0 Å². The molecule has 1 saturated carbocycles. The highest BCUT2D eigenvalue weighted by Gasteiger charge is 2.38. The van der Waals surface area contributed by atoms with Crippen LogP contribution in [0.4, 0.5) is 11.4 Å². The smallest absolute Gasteiger partial charge is 0.273 e. The van der Waals surface area contributed by atoms with Gasteiger partial charge in [0, 0.05) is 11.7 Å². The van der Waals surface area contributed by atoms with Crippen LogP contribution in [0, 0.1) is 13.8 Å². The second kappa shape index (κ2) is 12.5. The molecule has 3 amide bonds. The van der Waals surface area contributed by atoms with Crippen LogP contribution in [0.25, 0.3) is 0 Å². The summed E-state index contributed by atoms with van der Waals surface area (Å²) in [6.07, 6.45) is 3.70. The summed E-state index contributed by atoms with van der Waals surface area (Å²) in [5, 5.41) is 3.14. The van der Waals surface area contributed by atoms with Gasteiger partial charge in [0.1, 0.15) is 10.9 Å². The maximum absolute atomic E-state index is 14.4. The third kappa shape index (κ3) is 5.92. The molecule has 41 heavy (non-hydrogen) atoms. The summed E-state index contributed by atoms with van der Waals surface area (Å²) in [5.74, 6) is -0.874. The Morgan fingerprint density at radius 3 is 2.15 bits per heavy atom. The number of hydrogen-bond donors (Lipinski definition) is 3. The molecule has 0 spiro atoms. The Kier molecular flexibility index (Phi) is 9.01. The first-order chi connectivity index (χ1) is 19.6. The highest BCUT2D eigenvalue weighted by molar-refractivity contribution is 7.09. The number of nitrogen functional groups attached to an aromatic ring is 1. The van der Waals surface area contributed by atoms with Crippen molar-refractivity contribution in [2.45, 2.75) is 51.6 Å². The molecular formula is C29H35N5O6S. The van der Waals surface area contributed by atoms with Crippen LogP contribution in [0.1, 0.15) is 68.6 Å². The minimum absolute atomic E-state index is 0.0110. The van der Waals surface area contributed by atoms with Crippen LogP contribution < -0.4 is 35.9 Å². The molecule has 4 rings (SSSR count). The third-order valence-electron chi connectivity index (χ3n) is 7.35. The monoisotopic (exact) mass is 581 g/mol. The first-order valence-corrected chi connectivity index (χ1v) is 13.9. The SMILES string of the molecule is COc1cc([C@H](C(=O)NC2CCCC2)N(C(=O)c2snc(C(N)=O)c2N)c2ccc(C)c(C)c2)cc(OC)c1OC. The van der Waals surface area contributed by atoms with E-state index in [9.17, 15) is 14.4 Å². The van der Waals surface area contributed by atoms with Gasteiger partial charge in [0.2, 0.25) is 11.7 Å². The lowest BCUT2D eigenvalue weighted by Gasteiger charge is -2.33. The molecule has 1 atom stereocenters. The van der Waals surface area contributed by atoms with Gasteiger partial charge in [-0.05, 0) is 79.2 Å². The molecule has 2 aromatic carbocycles. The Morgan fingerprint density at radius 1 is 1.00 bits per heavy atom. The predicted octanol–water partition coefficient (Wildman–Crippen LogP) is 3.91. The number of methoxy groups -OCH3 is 3. The standard InChI is InChI=1S/C29H35N5O6S/c1-15-10-11-19(12-16(15)2)34(29(37)26-22(30)23(27(31)35)33-41-26)24(28(36)32-18-8-6-7-9-18)17-13-20(38-3)25(40-5)21(14-17)39-4/h10-14,18,24H,6-9,30H2,1-5H3,(H2,31,35)(H,32,36)/t24-/m1/s1. The highest BCUT2D eigenvalue weighted by Crippen LogP contribution is 2.42. The number of anilines is 2. The summed E-state index contributed by atoms with van der Waals surface area (Å²) in [6.45, 7) is 3.87. The summed E-state index contributed by atoms with van der Waals surface area (Å²) in [4.78, 5) is 41.9. The number of amides is 3. The van der Waals surface area contributed by atoms with Crippen LogP contribution in [0.3, 0.4) is 0 Å². The number of aromatic nitrogens is 1. The van der Waals surface area contributed by atoms with Crippen molar-refractivity contribution in [2.24, 2.45) is 5.73 Å². The Morgan fingerprint density at radius 2 is 1.63 bits per heavy atom. The van der Waals surface area contributed by atoms with Gasteiger partial charge in [0.05, 0.1) is 27.0 Å². The quantitative estimate of drug-likeness (QED) is 0.325. The van der Waals surface area contributed by atoms with Crippen molar-refractivity contribution in [3.05, 3.63) is 57.6 Å². The summed E-state index contributed by atoms with van der Waals surface area (Å²) < 4.78 is 20.7. The first-order valence-electron chi connectivity index (χ1n) is 13.2. The van der Waals surface area contributed by atoms with E-state index in [-0.39, 0.29) is 22.3 Å². The van der Waals surface area contributed by atoms with Crippen LogP contribution in [0.15, 0.2) is 30.3 Å². The largest absolute Gasteiger partial charge is 0.493 e. The molecule has 11 nitrogen and oxygen atoms in total. The van der Waals surface area contributed by atoms with Gasteiger partial charge in [-0.15, -0.1) is 0 Å². The van der Waals surface area contributed by atoms with Gasteiger partial charge in [0.25, 0.3) is 11.8 Å². The van der Waals surface area contributed by atoms with Gasteiger partial charge in [-0.2, -0.15) is 4.37 Å². The molecule has 1 aliphatic rings. The zero-order valence-electron chi connectivity index (χ0n) is 23.8. The zero-order valence-corrected chi connectivity index (χ0v) is 24.6. The van der Waals surface area contributed by atoms with E-state index in [4.69, 9.17) is 25.7 Å². The lowest BCUT2D eigenvalue weighted by molar-refractivity contribution is -0.123. The second-order valence-corrected chi connectivity index (χ2v) is 10.7. The van der Waals surface area contributed by atoms with Crippen molar-refractivity contribution >= 4 is 40.6 Å². The Labute approximate surface area is 242 Å². The van der Waals surface area contributed by atoms with E-state index >= 15 is 0 Å². The van der Waals surface area contributed by atoms with E-state index < -0.39 is 23.8 Å². The van der Waals surface area contributed by atoms with E-state index in [1.54, 1.807) is 18.2 Å². The number of ether oxygens (including phenoxy) is 3. The maximum atomic E-state index is 14.4. The molecule has 1 aliphatic carbocycles. The van der Waals surface area contributed by atoms with E-state index in [2.05, 4.69) is 9.69 Å². The fraction of sp³-hybridized carbons (Fsp3) is 0.379. The van der Waals surface area contributed by atoms with Crippen LogP contribution in [-0.2, 0) is 4.79 Å². The molecule has 1 fully saturated rings. The normalized spacial score (nSPS) is 13.9. The van der Waals surface area contributed by atoms with E-state index in [0.717, 1.165) is 48.3 Å². The van der Waals surface area contributed by atoms with Crippen molar-refractivity contribution in [3.63, 3.8) is 0 Å². The van der Waals surface area contributed by atoms with Crippen LogP contribution in [0.2, 0.25) is 0 Å². The number of rotatable bonds is 10. The van der Waals surface area contributed by atoms with Crippen molar-refractivity contribution in [3.8, 4) is 17.2 Å². The molecule has 3 aromatic rings. The molecule has 0 unspecified atom stereocenters. The number of carbonyl (C=O) groups excluding carboxylic acids is 3. The average molecular weight is 582 g/mol. The third-order valence-corrected chi connectivity index (χ3v) is 8.20. The molecule has 218 valence electrons. The summed E-state index contributed by atoms with van der Waals surface area (Å²) >= 11 is 0.753. The molecule has 0 radical (unpaired) electrons. The predicted molar refractivity (Wildman–Crippen MR) is 157 cm³/mol. The summed E-state index contributed by atoms with van der Waals surface area (Å²) in [7, 11) is 4.44. The van der Waals surface area contributed by atoms with Crippen molar-refractivity contribution in [1.29, 1.82) is 0 Å². The van der Waals surface area contributed by atoms with Gasteiger partial charge >= 0.3 is 0 Å². The lowest BCUT2D eigenvalue weighted by atomic mass is 9.99. The number of nitrogens with zero attached hydrogens (tertiary/aromatic N) is 2. The van der Waals surface area contributed by atoms with Gasteiger partial charge in [-0.25, -0.2) is 0 Å². The van der Waals surface area contributed by atoms with Gasteiger partial charge < -0.3 is 31.0 Å². The Balaban J connectivity index is 1.97. The van der Waals surface area contributed by atoms with Crippen LogP contribution >= 0.6 is 11.5 Å². The number of aryl methyl sites for hydroxylation is 2. The first kappa shape index (κ1) is 29.7. The molecule has 5 N–H and O–H groups in total. The minimum atomic E-state index is -1.18. The number of primary amides is 1. The summed E-state index contributed by atoms with van der Waals surface area (Å²) in [5.41, 5.74) is 14.1. The molecule has 12 heteroatoms. The number of carbonyl (C=O) groups is 3.